The summed E-state index contributed by atoms with van der Waals surface area (Å²) in [6.45, 7) is 3.97. The van der Waals surface area contributed by atoms with Crippen molar-refractivity contribution in [2.45, 2.75) is 26.7 Å². The van der Waals surface area contributed by atoms with E-state index in [4.69, 9.17) is 5.11 Å². The van der Waals surface area contributed by atoms with Crippen LogP contribution in [0.5, 0.6) is 5.75 Å². The Morgan fingerprint density at radius 3 is 2.79 bits per heavy atom. The number of rotatable bonds is 3. The normalized spacial score (nSPS) is 9.86. The number of benzene rings is 1. The number of hydrogen-bond acceptors (Lipinski definition) is 2. The maximum absolute atomic E-state index is 10.4. The second-order valence-electron chi connectivity index (χ2n) is 3.16. The Bertz CT molecular complexity index is 331. The molecule has 76 valence electrons. The zero-order chi connectivity index (χ0) is 10.6. The predicted molar refractivity (Wildman–Crippen MR) is 53.8 cm³/mol. The summed E-state index contributed by atoms with van der Waals surface area (Å²) in [5, 5.41) is 8.49. The summed E-state index contributed by atoms with van der Waals surface area (Å²) in [6, 6.07) is 5.48. The van der Waals surface area contributed by atoms with E-state index >= 15 is 0 Å². The van der Waals surface area contributed by atoms with E-state index in [1.54, 1.807) is 6.07 Å². The van der Waals surface area contributed by atoms with Gasteiger partial charge in [-0.05, 0) is 30.5 Å². The van der Waals surface area contributed by atoms with Crippen LogP contribution in [0.1, 0.15) is 24.5 Å². The molecule has 0 amide bonds. The number of hydrogen-bond donors (Lipinski definition) is 1. The largest absolute Gasteiger partial charge is 0.511 e. The van der Waals surface area contributed by atoms with Crippen LogP contribution in [0.25, 0.3) is 0 Å². The third-order valence-corrected chi connectivity index (χ3v) is 2.11. The Morgan fingerprint density at radius 2 is 2.21 bits per heavy atom. The highest BCUT2D eigenvalue weighted by molar-refractivity contribution is 5.62. The monoisotopic (exact) mass is 194 g/mol. The summed E-state index contributed by atoms with van der Waals surface area (Å²) < 4.78 is 4.65. The Hall–Kier alpha value is -1.51. The second-order valence-corrected chi connectivity index (χ2v) is 3.16. The maximum Gasteiger partial charge on any atom is 0.511 e. The second kappa shape index (κ2) is 4.65. The molecule has 0 radical (unpaired) electrons. The van der Waals surface area contributed by atoms with Gasteiger partial charge in [-0.3, -0.25) is 0 Å². The van der Waals surface area contributed by atoms with Crippen LogP contribution in [0, 0.1) is 6.92 Å². The van der Waals surface area contributed by atoms with Crippen molar-refractivity contribution in [1.82, 2.24) is 0 Å². The van der Waals surface area contributed by atoms with Crippen LogP contribution in [-0.2, 0) is 6.42 Å². The molecular formula is C11H14O3. The van der Waals surface area contributed by atoms with Crippen molar-refractivity contribution in [2.75, 3.05) is 0 Å². The molecular weight excluding hydrogens is 180 g/mol. The molecule has 0 saturated carbocycles. The zero-order valence-electron chi connectivity index (χ0n) is 8.41. The van der Waals surface area contributed by atoms with Crippen molar-refractivity contribution >= 4 is 6.16 Å². The highest BCUT2D eigenvalue weighted by Gasteiger charge is 2.07. The van der Waals surface area contributed by atoms with Gasteiger partial charge in [0.05, 0.1) is 0 Å². The summed E-state index contributed by atoms with van der Waals surface area (Å²) in [4.78, 5) is 10.4. The van der Waals surface area contributed by atoms with Gasteiger partial charge >= 0.3 is 6.16 Å². The summed E-state index contributed by atoms with van der Waals surface area (Å²) in [6.07, 6.45) is 0.724. The fraction of sp³-hybridized carbons (Fsp3) is 0.364. The number of carboxylic acid groups (broad SMARTS) is 1. The molecule has 0 fully saturated rings. The van der Waals surface area contributed by atoms with Gasteiger partial charge in [0.1, 0.15) is 5.75 Å². The predicted octanol–water partition coefficient (Wildman–Crippen LogP) is 3.00. The van der Waals surface area contributed by atoms with E-state index in [1.165, 1.54) is 0 Å². The SMILES string of the molecule is CCCc1cccc(OC(=O)O)c1C. The van der Waals surface area contributed by atoms with E-state index in [2.05, 4.69) is 11.7 Å². The van der Waals surface area contributed by atoms with Crippen molar-refractivity contribution in [3.05, 3.63) is 29.3 Å². The zero-order valence-corrected chi connectivity index (χ0v) is 8.41. The van der Waals surface area contributed by atoms with Gasteiger partial charge in [-0.2, -0.15) is 0 Å². The topological polar surface area (TPSA) is 46.5 Å². The first kappa shape index (κ1) is 10.6. The van der Waals surface area contributed by atoms with Crippen molar-refractivity contribution < 1.29 is 14.6 Å². The average Bonchev–Trinajstić information content (AvgIpc) is 2.11. The quantitative estimate of drug-likeness (QED) is 0.594. The van der Waals surface area contributed by atoms with E-state index in [1.807, 2.05) is 19.1 Å². The van der Waals surface area contributed by atoms with Crippen LogP contribution in [-0.4, -0.2) is 11.3 Å². The Morgan fingerprint density at radius 1 is 1.50 bits per heavy atom. The lowest BCUT2D eigenvalue weighted by atomic mass is 10.0. The molecule has 0 unspecified atom stereocenters. The van der Waals surface area contributed by atoms with Gasteiger partial charge < -0.3 is 9.84 Å². The lowest BCUT2D eigenvalue weighted by Gasteiger charge is -2.08. The molecule has 0 bridgehead atoms. The molecule has 0 saturated heterocycles. The number of ether oxygens (including phenoxy) is 1. The van der Waals surface area contributed by atoms with Crippen LogP contribution >= 0.6 is 0 Å². The van der Waals surface area contributed by atoms with Crippen molar-refractivity contribution in [1.29, 1.82) is 0 Å². The molecule has 0 heterocycles. The molecule has 0 aliphatic carbocycles. The molecule has 0 spiro atoms. The summed E-state index contributed by atoms with van der Waals surface area (Å²) >= 11 is 0. The van der Waals surface area contributed by atoms with Gasteiger partial charge in [0.25, 0.3) is 0 Å². The molecule has 1 aromatic rings. The highest BCUT2D eigenvalue weighted by Crippen LogP contribution is 2.22. The minimum absolute atomic E-state index is 0.434. The van der Waals surface area contributed by atoms with Gasteiger partial charge in [-0.25, -0.2) is 4.79 Å². The van der Waals surface area contributed by atoms with Gasteiger partial charge in [0.2, 0.25) is 0 Å². The molecule has 3 nitrogen and oxygen atoms in total. The Kier molecular flexibility index (Phi) is 3.51. The minimum Gasteiger partial charge on any atom is -0.449 e. The lowest BCUT2D eigenvalue weighted by molar-refractivity contribution is 0.144. The third kappa shape index (κ3) is 2.49. The lowest BCUT2D eigenvalue weighted by Crippen LogP contribution is -2.05. The fourth-order valence-electron chi connectivity index (χ4n) is 1.40. The highest BCUT2D eigenvalue weighted by atomic mass is 16.7. The smallest absolute Gasteiger partial charge is 0.449 e. The van der Waals surface area contributed by atoms with Crippen molar-refractivity contribution in [3.63, 3.8) is 0 Å². The molecule has 0 atom stereocenters. The first-order chi connectivity index (χ1) is 6.65. The van der Waals surface area contributed by atoms with Gasteiger partial charge in [-0.1, -0.05) is 25.5 Å². The van der Waals surface area contributed by atoms with Gasteiger partial charge in [-0.15, -0.1) is 0 Å². The van der Waals surface area contributed by atoms with Crippen LogP contribution in [0.3, 0.4) is 0 Å². The molecule has 1 aromatic carbocycles. The average molecular weight is 194 g/mol. The third-order valence-electron chi connectivity index (χ3n) is 2.11. The fourth-order valence-corrected chi connectivity index (χ4v) is 1.40. The van der Waals surface area contributed by atoms with Gasteiger partial charge in [0, 0.05) is 0 Å². The first-order valence-electron chi connectivity index (χ1n) is 4.64. The van der Waals surface area contributed by atoms with E-state index in [0.29, 0.717) is 5.75 Å². The summed E-state index contributed by atoms with van der Waals surface area (Å²) in [5.74, 6) is 0.434. The molecule has 14 heavy (non-hydrogen) atoms. The van der Waals surface area contributed by atoms with Gasteiger partial charge in [0.15, 0.2) is 0 Å². The minimum atomic E-state index is -1.26. The maximum atomic E-state index is 10.4. The first-order valence-corrected chi connectivity index (χ1v) is 4.64. The van der Waals surface area contributed by atoms with Crippen molar-refractivity contribution in [3.8, 4) is 5.75 Å². The van der Waals surface area contributed by atoms with E-state index < -0.39 is 6.16 Å². The standard InChI is InChI=1S/C11H14O3/c1-3-5-9-6-4-7-10(8(9)2)14-11(12)13/h4,6-7H,3,5H2,1-2H3,(H,12,13). The van der Waals surface area contributed by atoms with E-state index in [0.717, 1.165) is 24.0 Å². The number of carbonyl (C=O) groups is 1. The van der Waals surface area contributed by atoms with Crippen LogP contribution < -0.4 is 4.74 Å². The van der Waals surface area contributed by atoms with Crippen LogP contribution in [0.15, 0.2) is 18.2 Å². The van der Waals surface area contributed by atoms with Crippen LogP contribution in [0.2, 0.25) is 0 Å². The Balaban J connectivity index is 2.94. The van der Waals surface area contributed by atoms with E-state index in [9.17, 15) is 4.79 Å². The molecule has 0 aliphatic heterocycles. The summed E-state index contributed by atoms with van der Waals surface area (Å²) in [7, 11) is 0. The van der Waals surface area contributed by atoms with E-state index in [-0.39, 0.29) is 0 Å². The molecule has 0 aromatic heterocycles. The number of aryl methyl sites for hydroxylation is 1. The molecule has 0 aliphatic rings. The molecule has 3 heteroatoms. The Labute approximate surface area is 83.3 Å². The molecule has 1 N–H and O–H groups in total. The van der Waals surface area contributed by atoms with Crippen molar-refractivity contribution in [2.24, 2.45) is 0 Å². The summed E-state index contributed by atoms with van der Waals surface area (Å²) in [5.41, 5.74) is 2.06. The van der Waals surface area contributed by atoms with Crippen LogP contribution in [0.4, 0.5) is 4.79 Å². The molecule has 1 rings (SSSR count).